The van der Waals surface area contributed by atoms with Crippen molar-refractivity contribution >= 4 is 32.1 Å². The summed E-state index contributed by atoms with van der Waals surface area (Å²) in [4.78, 5) is 8.52. The van der Waals surface area contributed by atoms with Gasteiger partial charge in [0.1, 0.15) is 0 Å². The molecule has 0 saturated heterocycles. The quantitative estimate of drug-likeness (QED) is 0.643. The van der Waals surface area contributed by atoms with E-state index in [1.807, 2.05) is 10.8 Å². The molecule has 0 aliphatic rings. The maximum atomic E-state index is 12.3. The molecule has 3 aromatic rings. The average Bonchev–Trinajstić information content (AvgIpc) is 3.10. The highest BCUT2D eigenvalue weighted by Crippen LogP contribution is 2.22. The fraction of sp³-hybridized carbons (Fsp3) is 0.273. The molecular formula is C11H14N6O2S2. The zero-order valence-corrected chi connectivity index (χ0v) is 12.6. The van der Waals surface area contributed by atoms with Crippen molar-refractivity contribution in [1.82, 2.24) is 23.7 Å². The van der Waals surface area contributed by atoms with Crippen LogP contribution in [0.1, 0.15) is 6.42 Å². The van der Waals surface area contributed by atoms with Gasteiger partial charge in [-0.25, -0.2) is 23.1 Å². The minimum atomic E-state index is -3.68. The van der Waals surface area contributed by atoms with E-state index in [1.54, 1.807) is 24.1 Å². The third kappa shape index (κ3) is 2.77. The molecule has 0 radical (unpaired) electrons. The van der Waals surface area contributed by atoms with Crippen molar-refractivity contribution in [2.45, 2.75) is 18.0 Å². The first kappa shape index (κ1) is 14.0. The highest BCUT2D eigenvalue weighted by molar-refractivity contribution is 7.89. The standard InChI is InChI=1S/C11H14N6O2S2/c12-9-10(17-6-7-20-11(17)15-9)21(18,19)14-2-1-4-16-5-3-13-8-16/h3,5-8,14H,1-2,4,12H2. The Morgan fingerprint density at radius 2 is 2.24 bits per heavy atom. The number of fused-ring (bicyclic) bond motifs is 1. The minimum absolute atomic E-state index is 0.00128. The average molecular weight is 326 g/mol. The number of sulfonamides is 1. The lowest BCUT2D eigenvalue weighted by atomic mass is 10.4. The lowest BCUT2D eigenvalue weighted by Crippen LogP contribution is -2.27. The Kier molecular flexibility index (Phi) is 3.66. The highest BCUT2D eigenvalue weighted by Gasteiger charge is 2.23. The third-order valence-electron chi connectivity index (χ3n) is 2.94. The Morgan fingerprint density at radius 3 is 3.00 bits per heavy atom. The number of rotatable bonds is 6. The number of nitrogens with zero attached hydrogens (tertiary/aromatic N) is 4. The fourth-order valence-electron chi connectivity index (χ4n) is 2.00. The lowest BCUT2D eigenvalue weighted by Gasteiger charge is -2.07. The highest BCUT2D eigenvalue weighted by atomic mass is 32.2. The molecule has 3 heterocycles. The Hall–Kier alpha value is -1.91. The molecule has 10 heteroatoms. The van der Waals surface area contributed by atoms with E-state index in [2.05, 4.69) is 14.7 Å². The van der Waals surface area contributed by atoms with Crippen LogP contribution in [0.5, 0.6) is 0 Å². The summed E-state index contributed by atoms with van der Waals surface area (Å²) in [6.07, 6.45) is 7.51. The number of nitrogen functional groups attached to an aromatic ring is 1. The molecule has 0 aliphatic heterocycles. The first-order valence-electron chi connectivity index (χ1n) is 6.24. The van der Waals surface area contributed by atoms with Crippen molar-refractivity contribution in [3.8, 4) is 0 Å². The summed E-state index contributed by atoms with van der Waals surface area (Å²) in [6.45, 7) is 1.01. The van der Waals surface area contributed by atoms with Crippen molar-refractivity contribution in [2.75, 3.05) is 12.3 Å². The monoisotopic (exact) mass is 326 g/mol. The van der Waals surface area contributed by atoms with Gasteiger partial charge < -0.3 is 10.3 Å². The molecule has 0 fully saturated rings. The van der Waals surface area contributed by atoms with Gasteiger partial charge in [0.15, 0.2) is 15.8 Å². The van der Waals surface area contributed by atoms with Gasteiger partial charge in [0.05, 0.1) is 6.33 Å². The molecular weight excluding hydrogens is 312 g/mol. The van der Waals surface area contributed by atoms with Gasteiger partial charge in [-0.1, -0.05) is 0 Å². The molecule has 3 rings (SSSR count). The third-order valence-corrected chi connectivity index (χ3v) is 5.20. The molecule has 0 aliphatic carbocycles. The molecule has 3 aromatic heterocycles. The van der Waals surface area contributed by atoms with Crippen LogP contribution in [-0.2, 0) is 16.6 Å². The van der Waals surface area contributed by atoms with Gasteiger partial charge in [-0.2, -0.15) is 0 Å². The molecule has 0 bridgehead atoms. The number of hydrogen-bond donors (Lipinski definition) is 2. The first-order chi connectivity index (χ1) is 10.1. The van der Waals surface area contributed by atoms with Gasteiger partial charge in [0, 0.05) is 37.1 Å². The topological polar surface area (TPSA) is 107 Å². The Bertz CT molecular complexity index is 833. The van der Waals surface area contributed by atoms with Crippen LogP contribution in [0.2, 0.25) is 0 Å². The van der Waals surface area contributed by atoms with E-state index in [0.29, 0.717) is 24.5 Å². The van der Waals surface area contributed by atoms with Crippen molar-refractivity contribution in [3.63, 3.8) is 0 Å². The van der Waals surface area contributed by atoms with Crippen LogP contribution in [0.4, 0.5) is 5.82 Å². The number of anilines is 1. The number of aromatic nitrogens is 4. The predicted molar refractivity (Wildman–Crippen MR) is 79.5 cm³/mol. The van der Waals surface area contributed by atoms with Crippen LogP contribution in [0.3, 0.4) is 0 Å². The van der Waals surface area contributed by atoms with Crippen LogP contribution < -0.4 is 10.5 Å². The van der Waals surface area contributed by atoms with E-state index in [4.69, 9.17) is 5.73 Å². The largest absolute Gasteiger partial charge is 0.381 e. The number of imidazole rings is 2. The fourth-order valence-corrected chi connectivity index (χ4v) is 4.06. The van der Waals surface area contributed by atoms with Crippen LogP contribution in [0.25, 0.3) is 4.96 Å². The Morgan fingerprint density at radius 1 is 1.38 bits per heavy atom. The summed E-state index contributed by atoms with van der Waals surface area (Å²) < 4.78 is 30.6. The summed E-state index contributed by atoms with van der Waals surface area (Å²) in [7, 11) is -3.68. The number of nitrogens with one attached hydrogen (secondary N) is 1. The number of hydrogen-bond acceptors (Lipinski definition) is 6. The molecule has 112 valence electrons. The van der Waals surface area contributed by atoms with E-state index < -0.39 is 10.0 Å². The maximum Gasteiger partial charge on any atom is 0.260 e. The molecule has 0 unspecified atom stereocenters. The molecule has 8 nitrogen and oxygen atoms in total. The van der Waals surface area contributed by atoms with Crippen molar-refractivity contribution < 1.29 is 8.42 Å². The maximum absolute atomic E-state index is 12.3. The first-order valence-corrected chi connectivity index (χ1v) is 8.60. The molecule has 0 atom stereocenters. The van der Waals surface area contributed by atoms with E-state index in [-0.39, 0.29) is 10.8 Å². The van der Waals surface area contributed by atoms with Crippen molar-refractivity contribution in [2.24, 2.45) is 0 Å². The summed E-state index contributed by atoms with van der Waals surface area (Å²) in [5.41, 5.74) is 5.71. The van der Waals surface area contributed by atoms with Crippen molar-refractivity contribution in [3.05, 3.63) is 30.3 Å². The van der Waals surface area contributed by atoms with E-state index in [0.717, 1.165) is 0 Å². The van der Waals surface area contributed by atoms with Crippen LogP contribution >= 0.6 is 11.3 Å². The molecule has 3 N–H and O–H groups in total. The van der Waals surface area contributed by atoms with E-state index in [9.17, 15) is 8.42 Å². The van der Waals surface area contributed by atoms with Gasteiger partial charge in [-0.05, 0) is 6.42 Å². The molecule has 0 spiro atoms. The van der Waals surface area contributed by atoms with E-state index in [1.165, 1.54) is 15.7 Å². The van der Waals surface area contributed by atoms with E-state index >= 15 is 0 Å². The SMILES string of the molecule is Nc1nc2sccn2c1S(=O)(=O)NCCCn1ccnc1. The summed E-state index contributed by atoms with van der Waals surface area (Å²) in [5.74, 6) is 0.0176. The van der Waals surface area contributed by atoms with Gasteiger partial charge in [0.2, 0.25) is 0 Å². The zero-order valence-electron chi connectivity index (χ0n) is 11.0. The summed E-state index contributed by atoms with van der Waals surface area (Å²) in [5, 5.41) is 1.77. The second kappa shape index (κ2) is 5.47. The van der Waals surface area contributed by atoms with Gasteiger partial charge in [0.25, 0.3) is 10.0 Å². The van der Waals surface area contributed by atoms with Crippen LogP contribution in [-0.4, -0.2) is 33.9 Å². The molecule has 21 heavy (non-hydrogen) atoms. The zero-order chi connectivity index (χ0) is 14.9. The van der Waals surface area contributed by atoms with Crippen LogP contribution in [0, 0.1) is 0 Å². The van der Waals surface area contributed by atoms with Crippen molar-refractivity contribution in [1.29, 1.82) is 0 Å². The Balaban J connectivity index is 1.69. The minimum Gasteiger partial charge on any atom is -0.381 e. The van der Waals surface area contributed by atoms with Gasteiger partial charge in [-0.15, -0.1) is 11.3 Å². The Labute approximate surface area is 125 Å². The second-order valence-corrected chi connectivity index (χ2v) is 6.96. The predicted octanol–water partition coefficient (Wildman–Crippen LogP) is 0.543. The molecule has 0 aromatic carbocycles. The lowest BCUT2D eigenvalue weighted by molar-refractivity contribution is 0.566. The smallest absolute Gasteiger partial charge is 0.260 e. The number of thiazole rings is 1. The number of aryl methyl sites for hydroxylation is 1. The summed E-state index contributed by atoms with van der Waals surface area (Å²) >= 11 is 1.33. The number of nitrogens with two attached hydrogens (primary N) is 1. The van der Waals surface area contributed by atoms with Gasteiger partial charge >= 0.3 is 0 Å². The summed E-state index contributed by atoms with van der Waals surface area (Å²) in [6, 6.07) is 0. The van der Waals surface area contributed by atoms with Gasteiger partial charge in [-0.3, -0.25) is 4.40 Å². The second-order valence-electron chi connectivity index (χ2n) is 4.41. The normalized spacial score (nSPS) is 12.2. The molecule has 0 amide bonds. The molecule has 0 saturated carbocycles. The van der Waals surface area contributed by atoms with Crippen LogP contribution in [0.15, 0.2) is 35.3 Å².